The van der Waals surface area contributed by atoms with Gasteiger partial charge in [0.25, 0.3) is 0 Å². The smallest absolute Gasteiger partial charge is 0.423 e. The van der Waals surface area contributed by atoms with Gasteiger partial charge < -0.3 is 19.7 Å². The Morgan fingerprint density at radius 1 is 1.34 bits per heavy atom. The van der Waals surface area contributed by atoms with E-state index in [1.807, 2.05) is 6.92 Å². The van der Waals surface area contributed by atoms with Crippen LogP contribution in [0, 0.1) is 29.5 Å². The maximum Gasteiger partial charge on any atom is 0.423 e. The van der Waals surface area contributed by atoms with Gasteiger partial charge >= 0.3 is 6.09 Å². The van der Waals surface area contributed by atoms with Crippen LogP contribution in [0.3, 0.4) is 0 Å². The predicted octanol–water partition coefficient (Wildman–Crippen LogP) is 2.10. The summed E-state index contributed by atoms with van der Waals surface area (Å²) in [6.45, 7) is 1.84. The number of ether oxygens (including phenoxy) is 2. The average Bonchev–Trinajstić information content (AvgIpc) is 3.17. The normalized spacial score (nSPS) is 36.1. The number of aromatic hydroxyl groups is 1. The standard InChI is InChI=1S/C20H22FNO7/c1-3-10-7-11-16(18(25)22(17(11)24)19(26)28-2)12-8-15(29-20(10,12)27)9-4-5-14(23)13(21)6-9/h4-6,10-12,15-16,23,27H,3,7-8H2,1-2H3/t10-,11-,12-,15-,16-,20+/m0/s1. The lowest BCUT2D eigenvalue weighted by molar-refractivity contribution is -0.269. The summed E-state index contributed by atoms with van der Waals surface area (Å²) in [4.78, 5) is 38.1. The van der Waals surface area contributed by atoms with Crippen molar-refractivity contribution in [3.8, 4) is 5.75 Å². The number of carbonyl (C=O) groups is 3. The number of halogens is 1. The first-order valence-electron chi connectivity index (χ1n) is 9.57. The Balaban J connectivity index is 1.71. The number of phenols is 1. The molecule has 2 aliphatic heterocycles. The summed E-state index contributed by atoms with van der Waals surface area (Å²) in [5, 5.41) is 20.8. The number of nitrogens with zero attached hydrogens (tertiary/aromatic N) is 1. The van der Waals surface area contributed by atoms with Gasteiger partial charge in [0.15, 0.2) is 17.4 Å². The second kappa shape index (κ2) is 6.77. The summed E-state index contributed by atoms with van der Waals surface area (Å²) in [7, 11) is 1.09. The van der Waals surface area contributed by atoms with Crippen molar-refractivity contribution in [3.05, 3.63) is 29.6 Å². The molecule has 2 heterocycles. The molecule has 29 heavy (non-hydrogen) atoms. The molecular formula is C20H22FNO7. The van der Waals surface area contributed by atoms with Crippen LogP contribution in [-0.4, -0.2) is 45.9 Å². The van der Waals surface area contributed by atoms with Crippen molar-refractivity contribution in [2.24, 2.45) is 23.7 Å². The third-order valence-corrected chi connectivity index (χ3v) is 6.56. The Labute approximate surface area is 166 Å². The molecule has 2 saturated heterocycles. The number of likely N-dealkylation sites (tertiary alicyclic amines) is 1. The Morgan fingerprint density at radius 3 is 2.69 bits per heavy atom. The minimum atomic E-state index is -1.68. The van der Waals surface area contributed by atoms with E-state index >= 15 is 0 Å². The van der Waals surface area contributed by atoms with E-state index in [4.69, 9.17) is 4.74 Å². The molecule has 3 aliphatic rings. The van der Waals surface area contributed by atoms with Crippen LogP contribution in [0.5, 0.6) is 5.75 Å². The van der Waals surface area contributed by atoms with Gasteiger partial charge in [-0.25, -0.2) is 9.18 Å². The molecule has 1 aliphatic carbocycles. The molecule has 0 aromatic heterocycles. The number of fused-ring (bicyclic) bond motifs is 3. The van der Waals surface area contributed by atoms with E-state index in [1.165, 1.54) is 12.1 Å². The zero-order chi connectivity index (χ0) is 21.1. The summed E-state index contributed by atoms with van der Waals surface area (Å²) < 4.78 is 24.4. The molecule has 1 aromatic rings. The SMILES string of the molecule is CC[C@H]1C[C@@H]2C(=O)N(C(=O)OC)C(=O)[C@@H]2[C@@H]2C[C@@H](c3ccc(O)c(F)c3)O[C@]12O. The van der Waals surface area contributed by atoms with Crippen molar-refractivity contribution in [1.82, 2.24) is 4.90 Å². The number of imide groups is 3. The Morgan fingerprint density at radius 2 is 2.07 bits per heavy atom. The summed E-state index contributed by atoms with van der Waals surface area (Å²) in [6, 6.07) is 3.81. The van der Waals surface area contributed by atoms with Crippen LogP contribution in [-0.2, 0) is 19.1 Å². The van der Waals surface area contributed by atoms with Gasteiger partial charge in [-0.2, -0.15) is 4.90 Å². The molecule has 1 saturated carbocycles. The Hall–Kier alpha value is -2.52. The van der Waals surface area contributed by atoms with Gasteiger partial charge in [0, 0.05) is 11.8 Å². The van der Waals surface area contributed by atoms with Crippen LogP contribution in [0.25, 0.3) is 0 Å². The molecule has 2 N–H and O–H groups in total. The van der Waals surface area contributed by atoms with Crippen molar-refractivity contribution in [1.29, 1.82) is 0 Å². The first kappa shape index (κ1) is 19.8. The maximum atomic E-state index is 13.8. The molecule has 8 nitrogen and oxygen atoms in total. The van der Waals surface area contributed by atoms with Crippen LogP contribution >= 0.6 is 0 Å². The predicted molar refractivity (Wildman–Crippen MR) is 94.6 cm³/mol. The lowest BCUT2D eigenvalue weighted by Gasteiger charge is -2.44. The topological polar surface area (TPSA) is 113 Å². The third kappa shape index (κ3) is 2.75. The summed E-state index contributed by atoms with van der Waals surface area (Å²) in [6.07, 6.45) is -0.896. The number of methoxy groups -OCH3 is 1. The molecular weight excluding hydrogens is 385 g/mol. The summed E-state index contributed by atoms with van der Waals surface area (Å²) in [5.41, 5.74) is 0.413. The molecule has 9 heteroatoms. The largest absolute Gasteiger partial charge is 0.505 e. The van der Waals surface area contributed by atoms with Crippen LogP contribution in [0.2, 0.25) is 0 Å². The van der Waals surface area contributed by atoms with Crippen LogP contribution in [0.4, 0.5) is 9.18 Å². The van der Waals surface area contributed by atoms with Gasteiger partial charge in [0.1, 0.15) is 0 Å². The van der Waals surface area contributed by atoms with E-state index in [1.54, 1.807) is 0 Å². The van der Waals surface area contributed by atoms with Crippen LogP contribution < -0.4 is 0 Å². The molecule has 0 bridgehead atoms. The summed E-state index contributed by atoms with van der Waals surface area (Å²) in [5.74, 6) is -7.15. The fourth-order valence-electron chi connectivity index (χ4n) is 5.15. The Kier molecular flexibility index (Phi) is 4.62. The van der Waals surface area contributed by atoms with Gasteiger partial charge in [-0.3, -0.25) is 9.59 Å². The zero-order valence-electron chi connectivity index (χ0n) is 16.0. The highest BCUT2D eigenvalue weighted by molar-refractivity contribution is 6.15. The second-order valence-corrected chi connectivity index (χ2v) is 7.87. The van der Waals surface area contributed by atoms with Crippen molar-refractivity contribution in [3.63, 3.8) is 0 Å². The first-order chi connectivity index (χ1) is 13.7. The molecule has 1 aromatic carbocycles. The number of rotatable bonds is 2. The number of aliphatic hydroxyl groups is 1. The fourth-order valence-corrected chi connectivity index (χ4v) is 5.15. The first-order valence-corrected chi connectivity index (χ1v) is 9.57. The molecule has 6 atom stereocenters. The average molecular weight is 407 g/mol. The van der Waals surface area contributed by atoms with Crippen LogP contribution in [0.1, 0.15) is 37.9 Å². The van der Waals surface area contributed by atoms with Crippen molar-refractivity contribution < 1.29 is 38.5 Å². The number of carbonyl (C=O) groups excluding carboxylic acids is 3. The van der Waals surface area contributed by atoms with E-state index in [9.17, 15) is 29.0 Å². The number of hydrogen-bond donors (Lipinski definition) is 2. The van der Waals surface area contributed by atoms with Gasteiger partial charge in [-0.1, -0.05) is 13.0 Å². The number of amides is 3. The van der Waals surface area contributed by atoms with Crippen molar-refractivity contribution in [2.75, 3.05) is 7.11 Å². The number of hydrogen-bond acceptors (Lipinski definition) is 7. The lowest BCUT2D eigenvalue weighted by atomic mass is 9.64. The minimum Gasteiger partial charge on any atom is -0.505 e. The van der Waals surface area contributed by atoms with E-state index in [0.29, 0.717) is 16.9 Å². The van der Waals surface area contributed by atoms with Gasteiger partial charge in [0.2, 0.25) is 11.8 Å². The van der Waals surface area contributed by atoms with E-state index < -0.39 is 65.0 Å². The highest BCUT2D eigenvalue weighted by Crippen LogP contribution is 2.58. The van der Waals surface area contributed by atoms with E-state index in [0.717, 1.165) is 13.2 Å². The van der Waals surface area contributed by atoms with Crippen molar-refractivity contribution >= 4 is 17.9 Å². The van der Waals surface area contributed by atoms with Crippen molar-refractivity contribution in [2.45, 2.75) is 38.1 Å². The molecule has 3 fully saturated rings. The summed E-state index contributed by atoms with van der Waals surface area (Å²) >= 11 is 0. The lowest BCUT2D eigenvalue weighted by Crippen LogP contribution is -2.53. The molecule has 156 valence electrons. The fraction of sp³-hybridized carbons (Fsp3) is 0.550. The van der Waals surface area contributed by atoms with Gasteiger partial charge in [-0.05, 0) is 37.0 Å². The van der Waals surface area contributed by atoms with Gasteiger partial charge in [0.05, 0.1) is 25.0 Å². The molecule has 0 spiro atoms. The zero-order valence-corrected chi connectivity index (χ0v) is 16.0. The number of benzene rings is 1. The molecule has 3 amide bonds. The third-order valence-electron chi connectivity index (χ3n) is 6.56. The van der Waals surface area contributed by atoms with E-state index in [-0.39, 0.29) is 12.8 Å². The Bertz CT molecular complexity index is 890. The van der Waals surface area contributed by atoms with Gasteiger partial charge in [-0.15, -0.1) is 0 Å². The van der Waals surface area contributed by atoms with Crippen LogP contribution in [0.15, 0.2) is 18.2 Å². The molecule has 0 radical (unpaired) electrons. The van der Waals surface area contributed by atoms with E-state index in [2.05, 4.69) is 4.74 Å². The highest BCUT2D eigenvalue weighted by atomic mass is 19.1. The molecule has 4 rings (SSSR count). The monoisotopic (exact) mass is 407 g/mol. The molecule has 0 unspecified atom stereocenters. The number of phenolic OH excluding ortho intramolecular Hbond substituents is 1. The minimum absolute atomic E-state index is 0.173. The quantitative estimate of drug-likeness (QED) is 0.722. The maximum absolute atomic E-state index is 13.8. The highest BCUT2D eigenvalue weighted by Gasteiger charge is 2.67. The second-order valence-electron chi connectivity index (χ2n) is 7.87.